The second-order valence-electron chi connectivity index (χ2n) is 3.62. The van der Waals surface area contributed by atoms with Gasteiger partial charge in [0.1, 0.15) is 5.52 Å². The highest BCUT2D eigenvalue weighted by Crippen LogP contribution is 2.21. The summed E-state index contributed by atoms with van der Waals surface area (Å²) >= 11 is 5.85. The summed E-state index contributed by atoms with van der Waals surface area (Å²) in [5.41, 5.74) is 1.50. The van der Waals surface area contributed by atoms with Gasteiger partial charge in [-0.2, -0.15) is 9.97 Å². The minimum absolute atomic E-state index is 0.200. The lowest BCUT2D eigenvalue weighted by atomic mass is 10.4. The first-order chi connectivity index (χ1) is 8.26. The number of nitrogens with one attached hydrogen (secondary N) is 1. The smallest absolute Gasteiger partial charge is 0.226 e. The van der Waals surface area contributed by atoms with E-state index in [9.17, 15) is 0 Å². The fourth-order valence-corrected chi connectivity index (χ4v) is 1.82. The summed E-state index contributed by atoms with van der Waals surface area (Å²) < 4.78 is 2.02. The van der Waals surface area contributed by atoms with E-state index in [0.717, 1.165) is 18.5 Å². The van der Waals surface area contributed by atoms with Crippen molar-refractivity contribution in [2.75, 3.05) is 11.9 Å². The van der Waals surface area contributed by atoms with Crippen LogP contribution in [0.25, 0.3) is 11.2 Å². The summed E-state index contributed by atoms with van der Waals surface area (Å²) in [6, 6.07) is 0. The largest absolute Gasteiger partial charge is 0.365 e. The number of hydrogen-bond donors (Lipinski definition) is 1. The quantitative estimate of drug-likeness (QED) is 0.655. The molecule has 2 rings (SSSR count). The molecule has 2 heterocycles. The van der Waals surface area contributed by atoms with Crippen molar-refractivity contribution in [3.8, 4) is 0 Å². The Balaban J connectivity index is 2.52. The van der Waals surface area contributed by atoms with Crippen molar-refractivity contribution in [3.05, 3.63) is 24.3 Å². The van der Waals surface area contributed by atoms with Crippen molar-refractivity contribution < 1.29 is 0 Å². The summed E-state index contributed by atoms with van der Waals surface area (Å²) in [5, 5.41) is 3.35. The van der Waals surface area contributed by atoms with E-state index in [1.807, 2.05) is 4.57 Å². The zero-order chi connectivity index (χ0) is 12.3. The number of aryl methyl sites for hydroxylation is 1. The highest BCUT2D eigenvalue weighted by Gasteiger charge is 2.11. The standard InChI is InChI=1S/C11H14ClN5/c1-3-5-13-9-8-10(16-11(12)15-9)14-7-17(8)6-4-2/h3,7H,1,4-6H2,2H3,(H,13,15,16). The normalized spacial score (nSPS) is 10.7. The number of aromatic nitrogens is 4. The lowest BCUT2D eigenvalue weighted by Crippen LogP contribution is -2.05. The number of imidazole rings is 1. The maximum atomic E-state index is 5.85. The Hall–Kier alpha value is -1.62. The van der Waals surface area contributed by atoms with Crippen LogP contribution in [0.1, 0.15) is 13.3 Å². The zero-order valence-electron chi connectivity index (χ0n) is 9.65. The van der Waals surface area contributed by atoms with Crippen LogP contribution in [0, 0.1) is 0 Å². The van der Waals surface area contributed by atoms with Gasteiger partial charge in [-0.3, -0.25) is 0 Å². The van der Waals surface area contributed by atoms with Crippen molar-refractivity contribution in [1.29, 1.82) is 0 Å². The van der Waals surface area contributed by atoms with Crippen LogP contribution in [0.2, 0.25) is 5.28 Å². The molecule has 0 amide bonds. The van der Waals surface area contributed by atoms with Crippen molar-refractivity contribution >= 4 is 28.6 Å². The van der Waals surface area contributed by atoms with Gasteiger partial charge in [0.25, 0.3) is 0 Å². The molecule has 2 aromatic rings. The molecule has 0 bridgehead atoms. The van der Waals surface area contributed by atoms with Crippen LogP contribution in [0.3, 0.4) is 0 Å². The Labute approximate surface area is 105 Å². The van der Waals surface area contributed by atoms with Crippen LogP contribution in [0.4, 0.5) is 5.82 Å². The molecule has 0 aliphatic carbocycles. The van der Waals surface area contributed by atoms with Crippen LogP contribution in [-0.4, -0.2) is 26.1 Å². The van der Waals surface area contributed by atoms with E-state index < -0.39 is 0 Å². The first-order valence-corrected chi connectivity index (χ1v) is 5.87. The fourth-order valence-electron chi connectivity index (χ4n) is 1.66. The molecule has 0 aromatic carbocycles. The molecule has 0 spiro atoms. The molecule has 0 saturated carbocycles. The molecule has 0 fully saturated rings. The first kappa shape index (κ1) is 11.9. The number of hydrogen-bond acceptors (Lipinski definition) is 4. The molecule has 0 atom stereocenters. The van der Waals surface area contributed by atoms with Crippen LogP contribution >= 0.6 is 11.6 Å². The minimum Gasteiger partial charge on any atom is -0.365 e. The SMILES string of the molecule is C=CCNc1nc(Cl)nc2ncn(CCC)c12. The number of anilines is 1. The monoisotopic (exact) mass is 251 g/mol. The highest BCUT2D eigenvalue weighted by atomic mass is 35.5. The molecular formula is C11H14ClN5. The van der Waals surface area contributed by atoms with Crippen molar-refractivity contribution in [1.82, 2.24) is 19.5 Å². The number of nitrogens with zero attached hydrogens (tertiary/aromatic N) is 4. The Morgan fingerprint density at radius 3 is 3.06 bits per heavy atom. The second kappa shape index (κ2) is 5.14. The molecule has 1 N–H and O–H groups in total. The molecule has 2 aromatic heterocycles. The molecule has 0 aliphatic heterocycles. The van der Waals surface area contributed by atoms with E-state index in [1.165, 1.54) is 0 Å². The molecule has 0 saturated heterocycles. The van der Waals surface area contributed by atoms with E-state index in [-0.39, 0.29) is 5.28 Å². The van der Waals surface area contributed by atoms with Crippen molar-refractivity contribution in [2.24, 2.45) is 0 Å². The van der Waals surface area contributed by atoms with Crippen LogP contribution in [0.15, 0.2) is 19.0 Å². The summed E-state index contributed by atoms with van der Waals surface area (Å²) in [4.78, 5) is 12.5. The van der Waals surface area contributed by atoms with E-state index in [4.69, 9.17) is 11.6 Å². The zero-order valence-corrected chi connectivity index (χ0v) is 10.4. The van der Waals surface area contributed by atoms with Gasteiger partial charge in [-0.15, -0.1) is 6.58 Å². The molecule has 0 aliphatic rings. The van der Waals surface area contributed by atoms with E-state index in [0.29, 0.717) is 18.0 Å². The molecule has 17 heavy (non-hydrogen) atoms. The molecular weight excluding hydrogens is 238 g/mol. The predicted octanol–water partition coefficient (Wildman–Crippen LogP) is 2.49. The lowest BCUT2D eigenvalue weighted by Gasteiger charge is -2.07. The van der Waals surface area contributed by atoms with Crippen LogP contribution < -0.4 is 5.32 Å². The average Bonchev–Trinajstić information content (AvgIpc) is 2.69. The molecule has 6 heteroatoms. The molecule has 0 radical (unpaired) electrons. The maximum Gasteiger partial charge on any atom is 0.226 e. The topological polar surface area (TPSA) is 55.6 Å². The Morgan fingerprint density at radius 1 is 1.53 bits per heavy atom. The average molecular weight is 252 g/mol. The molecule has 5 nitrogen and oxygen atoms in total. The minimum atomic E-state index is 0.200. The Bertz CT molecular complexity index is 534. The van der Waals surface area contributed by atoms with Gasteiger partial charge < -0.3 is 9.88 Å². The van der Waals surface area contributed by atoms with Gasteiger partial charge in [0.15, 0.2) is 11.5 Å². The fraction of sp³-hybridized carbons (Fsp3) is 0.364. The second-order valence-corrected chi connectivity index (χ2v) is 3.96. The van der Waals surface area contributed by atoms with Gasteiger partial charge in [0, 0.05) is 13.1 Å². The van der Waals surface area contributed by atoms with Gasteiger partial charge in [-0.05, 0) is 18.0 Å². The van der Waals surface area contributed by atoms with Gasteiger partial charge in [-0.1, -0.05) is 13.0 Å². The Kier molecular flexibility index (Phi) is 3.58. The number of fused-ring (bicyclic) bond motifs is 1. The summed E-state index contributed by atoms with van der Waals surface area (Å²) in [5.74, 6) is 0.700. The predicted molar refractivity (Wildman–Crippen MR) is 69.3 cm³/mol. The third-order valence-electron chi connectivity index (χ3n) is 2.32. The number of rotatable bonds is 5. The summed E-state index contributed by atoms with van der Waals surface area (Å²) in [7, 11) is 0. The van der Waals surface area contributed by atoms with Crippen LogP contribution in [-0.2, 0) is 6.54 Å². The third kappa shape index (κ3) is 2.39. The lowest BCUT2D eigenvalue weighted by molar-refractivity contribution is 0.697. The third-order valence-corrected chi connectivity index (χ3v) is 2.49. The maximum absolute atomic E-state index is 5.85. The van der Waals surface area contributed by atoms with Crippen molar-refractivity contribution in [3.63, 3.8) is 0 Å². The van der Waals surface area contributed by atoms with E-state index in [1.54, 1.807) is 12.4 Å². The Morgan fingerprint density at radius 2 is 2.35 bits per heavy atom. The van der Waals surface area contributed by atoms with E-state index in [2.05, 4.69) is 33.8 Å². The van der Waals surface area contributed by atoms with Crippen molar-refractivity contribution in [2.45, 2.75) is 19.9 Å². The molecule has 0 unspecified atom stereocenters. The highest BCUT2D eigenvalue weighted by molar-refractivity contribution is 6.28. The molecule has 90 valence electrons. The van der Waals surface area contributed by atoms with E-state index >= 15 is 0 Å². The van der Waals surface area contributed by atoms with Gasteiger partial charge in [0.2, 0.25) is 5.28 Å². The first-order valence-electron chi connectivity index (χ1n) is 5.49. The summed E-state index contributed by atoms with van der Waals surface area (Å²) in [6.07, 6.45) is 4.55. The summed E-state index contributed by atoms with van der Waals surface area (Å²) in [6.45, 7) is 7.28. The van der Waals surface area contributed by atoms with Gasteiger partial charge >= 0.3 is 0 Å². The van der Waals surface area contributed by atoms with Gasteiger partial charge in [0.05, 0.1) is 6.33 Å². The van der Waals surface area contributed by atoms with Gasteiger partial charge in [-0.25, -0.2) is 4.98 Å². The number of halogens is 1. The van der Waals surface area contributed by atoms with Crippen LogP contribution in [0.5, 0.6) is 0 Å².